The van der Waals surface area contributed by atoms with Crippen molar-refractivity contribution in [3.63, 3.8) is 0 Å². The average molecular weight is 233 g/mol. The topological polar surface area (TPSA) is 43.8 Å². The van der Waals surface area contributed by atoms with E-state index in [1.54, 1.807) is 6.07 Å². The van der Waals surface area contributed by atoms with Gasteiger partial charge in [-0.05, 0) is 25.0 Å². The first-order valence-corrected chi connectivity index (χ1v) is 6.02. The molecule has 0 spiro atoms. The number of halogens is 1. The Morgan fingerprint density at radius 1 is 1.35 bits per heavy atom. The molecule has 1 aromatic carbocycles. The third kappa shape index (κ3) is 1.47. The normalized spacial score (nSPS) is 19.0. The summed E-state index contributed by atoms with van der Waals surface area (Å²) in [5.74, 6) is 0.543. The molecule has 1 aliphatic rings. The van der Waals surface area contributed by atoms with E-state index < -0.39 is 0 Å². The lowest BCUT2D eigenvalue weighted by Gasteiger charge is -2.22. The summed E-state index contributed by atoms with van der Waals surface area (Å²) in [7, 11) is 1.91. The van der Waals surface area contributed by atoms with Gasteiger partial charge in [-0.25, -0.2) is 9.37 Å². The zero-order chi connectivity index (χ0) is 12.0. The summed E-state index contributed by atoms with van der Waals surface area (Å²) in [5, 5.41) is 0. The van der Waals surface area contributed by atoms with Gasteiger partial charge in [-0.1, -0.05) is 18.9 Å². The molecule has 3 nitrogen and oxygen atoms in total. The van der Waals surface area contributed by atoms with Gasteiger partial charge in [0.2, 0.25) is 0 Å². The van der Waals surface area contributed by atoms with Crippen LogP contribution in [0.2, 0.25) is 0 Å². The molecule has 90 valence electrons. The lowest BCUT2D eigenvalue weighted by molar-refractivity contribution is 0.420. The van der Waals surface area contributed by atoms with Crippen LogP contribution in [0.3, 0.4) is 0 Å². The number of fused-ring (bicyclic) bond motifs is 1. The summed E-state index contributed by atoms with van der Waals surface area (Å²) in [6.45, 7) is 0. The standard InChI is InChI=1S/C13H16FN3/c1-17-10-6-4-5-9(14)11(10)16-12(17)13(15)7-2-3-8-13/h4-6H,2-3,7-8,15H2,1H3. The maximum atomic E-state index is 13.7. The summed E-state index contributed by atoms with van der Waals surface area (Å²) < 4.78 is 15.6. The molecular formula is C13H16FN3. The van der Waals surface area contributed by atoms with E-state index in [-0.39, 0.29) is 11.4 Å². The van der Waals surface area contributed by atoms with Crippen molar-refractivity contribution in [1.82, 2.24) is 9.55 Å². The molecule has 4 heteroatoms. The van der Waals surface area contributed by atoms with E-state index in [1.165, 1.54) is 6.07 Å². The second-order valence-corrected chi connectivity index (χ2v) is 4.97. The van der Waals surface area contributed by atoms with Crippen LogP contribution in [0.25, 0.3) is 11.0 Å². The van der Waals surface area contributed by atoms with Crippen LogP contribution in [0.1, 0.15) is 31.5 Å². The maximum absolute atomic E-state index is 13.7. The minimum atomic E-state index is -0.375. The van der Waals surface area contributed by atoms with Crippen molar-refractivity contribution in [2.45, 2.75) is 31.2 Å². The summed E-state index contributed by atoms with van der Waals surface area (Å²) in [6.07, 6.45) is 4.13. The monoisotopic (exact) mass is 233 g/mol. The van der Waals surface area contributed by atoms with Crippen molar-refractivity contribution in [3.05, 3.63) is 29.8 Å². The van der Waals surface area contributed by atoms with Gasteiger partial charge in [0.1, 0.15) is 11.3 Å². The van der Waals surface area contributed by atoms with E-state index in [2.05, 4.69) is 4.98 Å². The number of hydrogen-bond donors (Lipinski definition) is 1. The highest BCUT2D eigenvalue weighted by Gasteiger charge is 2.35. The highest BCUT2D eigenvalue weighted by molar-refractivity contribution is 5.76. The minimum absolute atomic E-state index is 0.272. The first-order chi connectivity index (χ1) is 8.12. The zero-order valence-corrected chi connectivity index (χ0v) is 9.91. The Kier molecular flexibility index (Phi) is 2.23. The Balaban J connectivity index is 2.24. The molecule has 3 rings (SSSR count). The van der Waals surface area contributed by atoms with Gasteiger partial charge < -0.3 is 10.3 Å². The Bertz CT molecular complexity index is 567. The smallest absolute Gasteiger partial charge is 0.151 e. The van der Waals surface area contributed by atoms with E-state index >= 15 is 0 Å². The number of aromatic nitrogens is 2. The zero-order valence-electron chi connectivity index (χ0n) is 9.91. The van der Waals surface area contributed by atoms with Crippen LogP contribution in [0.15, 0.2) is 18.2 Å². The van der Waals surface area contributed by atoms with E-state index in [0.717, 1.165) is 37.0 Å². The predicted molar refractivity (Wildman–Crippen MR) is 65.0 cm³/mol. The Morgan fingerprint density at radius 2 is 2.06 bits per heavy atom. The lowest BCUT2D eigenvalue weighted by atomic mass is 9.98. The maximum Gasteiger partial charge on any atom is 0.151 e. The molecule has 1 aliphatic carbocycles. The number of aryl methyl sites for hydroxylation is 1. The first-order valence-electron chi connectivity index (χ1n) is 6.02. The van der Waals surface area contributed by atoms with Crippen LogP contribution < -0.4 is 5.73 Å². The van der Waals surface area contributed by atoms with Crippen molar-refractivity contribution in [2.75, 3.05) is 0 Å². The van der Waals surface area contributed by atoms with Gasteiger partial charge in [0.15, 0.2) is 5.82 Å². The second kappa shape index (κ2) is 3.53. The summed E-state index contributed by atoms with van der Waals surface area (Å²) in [6, 6.07) is 5.03. The molecule has 2 aromatic rings. The van der Waals surface area contributed by atoms with Crippen molar-refractivity contribution < 1.29 is 4.39 Å². The number of imidazole rings is 1. The fraction of sp³-hybridized carbons (Fsp3) is 0.462. The molecule has 17 heavy (non-hydrogen) atoms. The van der Waals surface area contributed by atoms with Gasteiger partial charge >= 0.3 is 0 Å². The van der Waals surface area contributed by atoms with Gasteiger partial charge in [0.25, 0.3) is 0 Å². The van der Waals surface area contributed by atoms with Crippen LogP contribution in [-0.2, 0) is 12.6 Å². The molecule has 1 fully saturated rings. The van der Waals surface area contributed by atoms with Gasteiger partial charge in [-0.3, -0.25) is 0 Å². The number of nitrogens with zero attached hydrogens (tertiary/aromatic N) is 2. The Labute approximate surface area is 99.4 Å². The van der Waals surface area contributed by atoms with Crippen LogP contribution in [0.5, 0.6) is 0 Å². The summed E-state index contributed by atoms with van der Waals surface area (Å²) >= 11 is 0. The quantitative estimate of drug-likeness (QED) is 0.822. The molecule has 1 aromatic heterocycles. The third-order valence-electron chi connectivity index (χ3n) is 3.80. The molecule has 1 saturated carbocycles. The van der Waals surface area contributed by atoms with Gasteiger partial charge in [0, 0.05) is 7.05 Å². The Hall–Kier alpha value is -1.42. The van der Waals surface area contributed by atoms with E-state index in [4.69, 9.17) is 5.73 Å². The molecule has 0 aliphatic heterocycles. The van der Waals surface area contributed by atoms with E-state index in [9.17, 15) is 4.39 Å². The molecular weight excluding hydrogens is 217 g/mol. The molecule has 0 unspecified atom stereocenters. The molecule has 0 bridgehead atoms. The highest BCUT2D eigenvalue weighted by atomic mass is 19.1. The fourth-order valence-electron chi connectivity index (χ4n) is 2.86. The number of para-hydroxylation sites is 1. The predicted octanol–water partition coefficient (Wildman–Crippen LogP) is 2.44. The summed E-state index contributed by atoms with van der Waals surface area (Å²) in [4.78, 5) is 4.43. The summed E-state index contributed by atoms with van der Waals surface area (Å²) in [5.41, 5.74) is 7.26. The van der Waals surface area contributed by atoms with Crippen molar-refractivity contribution in [2.24, 2.45) is 12.8 Å². The van der Waals surface area contributed by atoms with Crippen LogP contribution in [0, 0.1) is 5.82 Å². The van der Waals surface area contributed by atoms with E-state index in [1.807, 2.05) is 17.7 Å². The molecule has 1 heterocycles. The SMILES string of the molecule is Cn1c(C2(N)CCCC2)nc2c(F)cccc21. The molecule has 2 N–H and O–H groups in total. The largest absolute Gasteiger partial charge is 0.329 e. The first kappa shape index (κ1) is 10.7. The fourth-order valence-corrected chi connectivity index (χ4v) is 2.86. The van der Waals surface area contributed by atoms with Crippen LogP contribution in [-0.4, -0.2) is 9.55 Å². The molecule has 0 amide bonds. The molecule has 0 atom stereocenters. The number of hydrogen-bond acceptors (Lipinski definition) is 2. The Morgan fingerprint density at radius 3 is 2.71 bits per heavy atom. The minimum Gasteiger partial charge on any atom is -0.329 e. The highest BCUT2D eigenvalue weighted by Crippen LogP contribution is 2.36. The van der Waals surface area contributed by atoms with Gasteiger partial charge in [0.05, 0.1) is 11.1 Å². The van der Waals surface area contributed by atoms with Crippen molar-refractivity contribution in [1.29, 1.82) is 0 Å². The lowest BCUT2D eigenvalue weighted by Crippen LogP contribution is -2.36. The van der Waals surface area contributed by atoms with Crippen molar-refractivity contribution >= 4 is 11.0 Å². The van der Waals surface area contributed by atoms with Crippen LogP contribution >= 0.6 is 0 Å². The number of benzene rings is 1. The molecule has 0 saturated heterocycles. The second-order valence-electron chi connectivity index (χ2n) is 4.97. The van der Waals surface area contributed by atoms with Crippen LogP contribution in [0.4, 0.5) is 4.39 Å². The van der Waals surface area contributed by atoms with Gasteiger partial charge in [-0.15, -0.1) is 0 Å². The van der Waals surface area contributed by atoms with E-state index in [0.29, 0.717) is 5.52 Å². The number of rotatable bonds is 1. The number of nitrogens with two attached hydrogens (primary N) is 1. The molecule has 0 radical (unpaired) electrons. The van der Waals surface area contributed by atoms with Gasteiger partial charge in [-0.2, -0.15) is 0 Å². The average Bonchev–Trinajstić information content (AvgIpc) is 2.87. The third-order valence-corrected chi connectivity index (χ3v) is 3.80. The van der Waals surface area contributed by atoms with Crippen molar-refractivity contribution in [3.8, 4) is 0 Å².